The summed E-state index contributed by atoms with van der Waals surface area (Å²) >= 11 is 0. The van der Waals surface area contributed by atoms with E-state index in [1.807, 2.05) is 30.7 Å². The number of nitrogens with one attached hydrogen (secondary N) is 2. The van der Waals surface area contributed by atoms with E-state index < -0.39 is 0 Å². The van der Waals surface area contributed by atoms with Crippen LogP contribution in [-0.2, 0) is 7.05 Å². The summed E-state index contributed by atoms with van der Waals surface area (Å²) in [4.78, 5) is 26.4. The van der Waals surface area contributed by atoms with E-state index in [4.69, 9.17) is 0 Å². The van der Waals surface area contributed by atoms with E-state index in [2.05, 4.69) is 10.6 Å². The minimum Gasteiger partial charge on any atom is -0.344 e. The maximum atomic E-state index is 12.9. The van der Waals surface area contributed by atoms with E-state index in [9.17, 15) is 14.0 Å². The van der Waals surface area contributed by atoms with Crippen LogP contribution in [0.25, 0.3) is 0 Å². The molecule has 2 N–H and O–H groups in total. The van der Waals surface area contributed by atoms with Gasteiger partial charge in [-0.05, 0) is 49.7 Å². The Morgan fingerprint density at radius 3 is 2.52 bits per heavy atom. The summed E-state index contributed by atoms with van der Waals surface area (Å²) < 4.78 is 14.7. The van der Waals surface area contributed by atoms with Gasteiger partial charge >= 0.3 is 6.03 Å². The zero-order valence-electron chi connectivity index (χ0n) is 14.3. The van der Waals surface area contributed by atoms with Crippen molar-refractivity contribution in [2.24, 2.45) is 7.05 Å². The van der Waals surface area contributed by atoms with E-state index in [1.165, 1.54) is 24.3 Å². The minimum absolute atomic E-state index is 0.0288. The number of benzene rings is 1. The van der Waals surface area contributed by atoms with Crippen LogP contribution in [0, 0.1) is 12.7 Å². The van der Waals surface area contributed by atoms with Crippen molar-refractivity contribution in [3.63, 3.8) is 0 Å². The molecule has 1 aliphatic rings. The van der Waals surface area contributed by atoms with Gasteiger partial charge in [0.15, 0.2) is 0 Å². The van der Waals surface area contributed by atoms with Crippen LogP contribution >= 0.6 is 0 Å². The van der Waals surface area contributed by atoms with Gasteiger partial charge in [0.05, 0.1) is 0 Å². The van der Waals surface area contributed by atoms with Gasteiger partial charge in [-0.2, -0.15) is 0 Å². The Bertz CT molecular complexity index is 785. The fourth-order valence-electron chi connectivity index (χ4n) is 2.94. The molecular formula is C18H21FN4O2. The second-order valence-corrected chi connectivity index (χ2v) is 6.26. The van der Waals surface area contributed by atoms with Gasteiger partial charge in [-0.1, -0.05) is 0 Å². The molecule has 1 unspecified atom stereocenters. The molecule has 0 aliphatic carbocycles. The monoisotopic (exact) mass is 344 g/mol. The molecule has 1 fully saturated rings. The number of halogens is 1. The van der Waals surface area contributed by atoms with E-state index >= 15 is 0 Å². The molecule has 1 atom stereocenters. The average Bonchev–Trinajstić information content (AvgIpc) is 3.17. The van der Waals surface area contributed by atoms with Gasteiger partial charge in [0.25, 0.3) is 5.91 Å². The SMILES string of the molecule is Cc1ccc(C(=O)N2CCC(NC(=O)Nc3ccc(F)cc3)C2)n1C. The third kappa shape index (κ3) is 3.81. The van der Waals surface area contributed by atoms with Gasteiger partial charge in [0, 0.05) is 37.6 Å². The summed E-state index contributed by atoms with van der Waals surface area (Å²) in [5.74, 6) is -0.384. The summed E-state index contributed by atoms with van der Waals surface area (Å²) in [6.45, 7) is 3.02. The van der Waals surface area contributed by atoms with Crippen LogP contribution in [0.2, 0.25) is 0 Å². The van der Waals surface area contributed by atoms with Crippen LogP contribution < -0.4 is 10.6 Å². The number of aromatic nitrogens is 1. The summed E-state index contributed by atoms with van der Waals surface area (Å²) in [6, 6.07) is 8.83. The predicted molar refractivity (Wildman–Crippen MR) is 93.0 cm³/mol. The average molecular weight is 344 g/mol. The molecule has 7 heteroatoms. The molecule has 1 saturated heterocycles. The Morgan fingerprint density at radius 2 is 1.88 bits per heavy atom. The summed E-state index contributed by atoms with van der Waals surface area (Å²) in [5, 5.41) is 5.51. The van der Waals surface area contributed by atoms with E-state index in [-0.39, 0.29) is 23.8 Å². The van der Waals surface area contributed by atoms with Gasteiger partial charge in [0.1, 0.15) is 11.5 Å². The number of likely N-dealkylation sites (tertiary alicyclic amines) is 1. The third-order valence-electron chi connectivity index (χ3n) is 4.50. The molecule has 2 heterocycles. The number of nitrogens with zero attached hydrogens (tertiary/aromatic N) is 2. The first-order chi connectivity index (χ1) is 11.9. The smallest absolute Gasteiger partial charge is 0.319 e. The number of hydrogen-bond acceptors (Lipinski definition) is 2. The molecule has 1 aromatic heterocycles. The maximum absolute atomic E-state index is 12.9. The van der Waals surface area contributed by atoms with Crippen LogP contribution in [0.5, 0.6) is 0 Å². The Hall–Kier alpha value is -2.83. The number of hydrogen-bond donors (Lipinski definition) is 2. The largest absolute Gasteiger partial charge is 0.344 e. The highest BCUT2D eigenvalue weighted by molar-refractivity contribution is 5.93. The fraction of sp³-hybridized carbons (Fsp3) is 0.333. The molecule has 0 spiro atoms. The molecule has 0 radical (unpaired) electrons. The van der Waals surface area contributed by atoms with Crippen molar-refractivity contribution in [3.8, 4) is 0 Å². The lowest BCUT2D eigenvalue weighted by atomic mass is 10.2. The summed E-state index contributed by atoms with van der Waals surface area (Å²) in [5.41, 5.74) is 2.19. The molecule has 132 valence electrons. The van der Waals surface area contributed by atoms with Crippen LogP contribution in [-0.4, -0.2) is 40.5 Å². The fourth-order valence-corrected chi connectivity index (χ4v) is 2.94. The van der Waals surface area contributed by atoms with Crippen molar-refractivity contribution in [2.45, 2.75) is 19.4 Å². The number of carbonyl (C=O) groups is 2. The Balaban J connectivity index is 1.54. The quantitative estimate of drug-likeness (QED) is 0.898. The zero-order valence-corrected chi connectivity index (χ0v) is 14.3. The number of rotatable bonds is 3. The van der Waals surface area contributed by atoms with Crippen LogP contribution in [0.15, 0.2) is 36.4 Å². The van der Waals surface area contributed by atoms with E-state index in [0.717, 1.165) is 5.69 Å². The van der Waals surface area contributed by atoms with Gasteiger partial charge < -0.3 is 20.1 Å². The highest BCUT2D eigenvalue weighted by Gasteiger charge is 2.29. The van der Waals surface area contributed by atoms with Gasteiger partial charge in [-0.15, -0.1) is 0 Å². The minimum atomic E-state index is -0.361. The van der Waals surface area contributed by atoms with Gasteiger partial charge in [-0.25, -0.2) is 9.18 Å². The van der Waals surface area contributed by atoms with Crippen molar-refractivity contribution < 1.29 is 14.0 Å². The highest BCUT2D eigenvalue weighted by Crippen LogP contribution is 2.16. The second-order valence-electron chi connectivity index (χ2n) is 6.26. The van der Waals surface area contributed by atoms with Crippen molar-refractivity contribution in [1.29, 1.82) is 0 Å². The first-order valence-electron chi connectivity index (χ1n) is 8.18. The molecule has 25 heavy (non-hydrogen) atoms. The Morgan fingerprint density at radius 1 is 1.16 bits per heavy atom. The highest BCUT2D eigenvalue weighted by atomic mass is 19.1. The number of anilines is 1. The van der Waals surface area contributed by atoms with Crippen molar-refractivity contribution >= 4 is 17.6 Å². The molecule has 0 bridgehead atoms. The first-order valence-corrected chi connectivity index (χ1v) is 8.18. The van der Waals surface area contributed by atoms with Crippen molar-refractivity contribution in [1.82, 2.24) is 14.8 Å². The Labute approximate surface area is 145 Å². The topological polar surface area (TPSA) is 66.4 Å². The standard InChI is InChI=1S/C18H21FN4O2/c1-12-3-8-16(22(12)2)17(24)23-10-9-15(11-23)21-18(25)20-14-6-4-13(19)5-7-14/h3-8,15H,9-11H2,1-2H3,(H2,20,21,25). The Kier molecular flexibility index (Phi) is 4.74. The van der Waals surface area contributed by atoms with Crippen LogP contribution in [0.4, 0.5) is 14.9 Å². The number of amides is 3. The molecule has 1 aromatic carbocycles. The molecule has 1 aliphatic heterocycles. The number of carbonyl (C=O) groups excluding carboxylic acids is 2. The maximum Gasteiger partial charge on any atom is 0.319 e. The molecule has 6 nitrogen and oxygen atoms in total. The second kappa shape index (κ2) is 6.96. The molecule has 3 rings (SSSR count). The predicted octanol–water partition coefficient (Wildman–Crippen LogP) is 2.51. The molecule has 3 amide bonds. The normalized spacial score (nSPS) is 16.8. The lowest BCUT2D eigenvalue weighted by Gasteiger charge is -2.18. The van der Waals surface area contributed by atoms with Crippen molar-refractivity contribution in [2.75, 3.05) is 18.4 Å². The van der Waals surface area contributed by atoms with Gasteiger partial charge in [0.2, 0.25) is 0 Å². The zero-order chi connectivity index (χ0) is 18.0. The molecule has 0 saturated carbocycles. The van der Waals surface area contributed by atoms with Crippen LogP contribution in [0.3, 0.4) is 0 Å². The van der Waals surface area contributed by atoms with E-state index in [0.29, 0.717) is 30.9 Å². The van der Waals surface area contributed by atoms with Crippen molar-refractivity contribution in [3.05, 3.63) is 53.6 Å². The summed E-state index contributed by atoms with van der Waals surface area (Å²) in [6.07, 6.45) is 0.700. The number of aryl methyl sites for hydroxylation is 1. The molecule has 2 aromatic rings. The van der Waals surface area contributed by atoms with Crippen LogP contribution in [0.1, 0.15) is 22.6 Å². The number of urea groups is 1. The lowest BCUT2D eigenvalue weighted by Crippen LogP contribution is -2.40. The van der Waals surface area contributed by atoms with Gasteiger partial charge in [-0.3, -0.25) is 4.79 Å². The lowest BCUT2D eigenvalue weighted by molar-refractivity contribution is 0.0780. The third-order valence-corrected chi connectivity index (χ3v) is 4.50. The molecular weight excluding hydrogens is 323 g/mol. The van der Waals surface area contributed by atoms with E-state index in [1.54, 1.807) is 4.90 Å². The first kappa shape index (κ1) is 17.0. The summed E-state index contributed by atoms with van der Waals surface area (Å²) in [7, 11) is 1.87.